The molecule has 2 aromatic rings. The molecular formula is C18H24ClIN4O2S. The lowest BCUT2D eigenvalue weighted by atomic mass is 10.1. The van der Waals surface area contributed by atoms with E-state index < -0.39 is 10.0 Å². The maximum absolute atomic E-state index is 11.6. The molecule has 2 rings (SSSR count). The number of aliphatic imine (C=N–C) groups is 1. The molecule has 3 N–H and O–H groups in total. The van der Waals surface area contributed by atoms with Gasteiger partial charge in [0.15, 0.2) is 5.96 Å². The third-order valence-electron chi connectivity index (χ3n) is 3.75. The first-order valence-corrected chi connectivity index (χ1v) is 10.1. The van der Waals surface area contributed by atoms with Crippen LogP contribution >= 0.6 is 35.6 Å². The minimum Gasteiger partial charge on any atom is -0.352 e. The van der Waals surface area contributed by atoms with Crippen molar-refractivity contribution >= 4 is 51.6 Å². The minimum absolute atomic E-state index is 0. The molecule has 0 aliphatic heterocycles. The van der Waals surface area contributed by atoms with Crippen LogP contribution in [0.4, 0.5) is 0 Å². The summed E-state index contributed by atoms with van der Waals surface area (Å²) < 4.78 is 25.4. The van der Waals surface area contributed by atoms with Crippen molar-refractivity contribution in [1.29, 1.82) is 0 Å². The summed E-state index contributed by atoms with van der Waals surface area (Å²) in [7, 11) is -0.130. The lowest BCUT2D eigenvalue weighted by Gasteiger charge is -2.12. The van der Waals surface area contributed by atoms with Gasteiger partial charge in [-0.1, -0.05) is 48.0 Å². The molecule has 27 heavy (non-hydrogen) atoms. The highest BCUT2D eigenvalue weighted by Crippen LogP contribution is 2.09. The van der Waals surface area contributed by atoms with E-state index in [-0.39, 0.29) is 29.7 Å². The van der Waals surface area contributed by atoms with Crippen LogP contribution in [0.15, 0.2) is 53.5 Å². The lowest BCUT2D eigenvalue weighted by Crippen LogP contribution is -2.36. The Hall–Kier alpha value is -1.36. The second kappa shape index (κ2) is 11.5. The Labute approximate surface area is 182 Å². The van der Waals surface area contributed by atoms with Gasteiger partial charge in [-0.15, -0.1) is 24.0 Å². The average Bonchev–Trinajstić information content (AvgIpc) is 2.64. The Morgan fingerprint density at radius 1 is 0.926 bits per heavy atom. The highest BCUT2D eigenvalue weighted by molar-refractivity contribution is 14.0. The zero-order valence-electron chi connectivity index (χ0n) is 15.2. The van der Waals surface area contributed by atoms with Gasteiger partial charge in [0.05, 0.1) is 5.75 Å². The normalized spacial score (nSPS) is 11.6. The van der Waals surface area contributed by atoms with Gasteiger partial charge in [0.2, 0.25) is 10.0 Å². The summed E-state index contributed by atoms with van der Waals surface area (Å²) in [5.41, 5.74) is 2.88. The van der Waals surface area contributed by atoms with Crippen molar-refractivity contribution in [2.24, 2.45) is 4.99 Å². The molecule has 9 heteroatoms. The molecule has 148 valence electrons. The van der Waals surface area contributed by atoms with E-state index in [0.717, 1.165) is 16.7 Å². The number of hydrogen-bond acceptors (Lipinski definition) is 3. The Morgan fingerprint density at radius 2 is 1.37 bits per heavy atom. The molecule has 0 fully saturated rings. The van der Waals surface area contributed by atoms with Gasteiger partial charge in [-0.05, 0) is 35.9 Å². The van der Waals surface area contributed by atoms with Crippen LogP contribution in [-0.2, 0) is 28.9 Å². The predicted molar refractivity (Wildman–Crippen MR) is 122 cm³/mol. The van der Waals surface area contributed by atoms with Crippen LogP contribution in [-0.4, -0.2) is 28.5 Å². The largest absolute Gasteiger partial charge is 0.352 e. The van der Waals surface area contributed by atoms with Gasteiger partial charge in [-0.2, -0.15) is 0 Å². The maximum atomic E-state index is 11.6. The topological polar surface area (TPSA) is 82.6 Å². The van der Waals surface area contributed by atoms with Crippen LogP contribution in [0, 0.1) is 0 Å². The number of rotatable bonds is 7. The Bertz CT molecular complexity index is 841. The Balaban J connectivity index is 0.00000364. The van der Waals surface area contributed by atoms with E-state index in [0.29, 0.717) is 24.1 Å². The van der Waals surface area contributed by atoms with Crippen LogP contribution in [0.3, 0.4) is 0 Å². The van der Waals surface area contributed by atoms with Crippen molar-refractivity contribution < 1.29 is 8.42 Å². The van der Waals surface area contributed by atoms with E-state index >= 15 is 0 Å². The molecule has 0 aliphatic rings. The van der Waals surface area contributed by atoms with Crippen LogP contribution in [0.5, 0.6) is 0 Å². The third-order valence-corrected chi connectivity index (χ3v) is 5.33. The van der Waals surface area contributed by atoms with Crippen LogP contribution in [0.1, 0.15) is 16.7 Å². The van der Waals surface area contributed by atoms with Gasteiger partial charge >= 0.3 is 0 Å². The van der Waals surface area contributed by atoms with Crippen molar-refractivity contribution in [2.45, 2.75) is 18.8 Å². The monoisotopic (exact) mass is 522 g/mol. The quantitative estimate of drug-likeness (QED) is 0.297. The van der Waals surface area contributed by atoms with E-state index in [1.165, 1.54) is 7.05 Å². The molecule has 0 saturated heterocycles. The van der Waals surface area contributed by atoms with Gasteiger partial charge in [0, 0.05) is 25.2 Å². The first-order valence-electron chi connectivity index (χ1n) is 8.10. The molecule has 6 nitrogen and oxygen atoms in total. The van der Waals surface area contributed by atoms with E-state index in [1.807, 2.05) is 48.5 Å². The third kappa shape index (κ3) is 8.46. The number of guanidine groups is 1. The molecule has 0 aromatic heterocycles. The molecule has 0 heterocycles. The van der Waals surface area contributed by atoms with E-state index in [1.54, 1.807) is 7.05 Å². The molecule has 0 amide bonds. The summed E-state index contributed by atoms with van der Waals surface area (Å²) in [6.45, 7) is 1.22. The summed E-state index contributed by atoms with van der Waals surface area (Å²) in [6.07, 6.45) is 0. The Morgan fingerprint density at radius 3 is 1.81 bits per heavy atom. The molecule has 0 atom stereocenters. The molecule has 0 bridgehead atoms. The van der Waals surface area contributed by atoms with E-state index in [2.05, 4.69) is 20.3 Å². The fraction of sp³-hybridized carbons (Fsp3) is 0.278. The second-order valence-electron chi connectivity index (χ2n) is 5.69. The zero-order chi connectivity index (χ0) is 19.0. The second-order valence-corrected chi connectivity index (χ2v) is 8.05. The van der Waals surface area contributed by atoms with Crippen molar-refractivity contribution in [1.82, 2.24) is 15.4 Å². The SMILES string of the molecule is CN=C(NCc1ccc(Cl)cc1)NCc1ccc(CS(=O)(=O)NC)cc1.I. The summed E-state index contributed by atoms with van der Waals surface area (Å²) in [5.74, 6) is 0.656. The molecule has 0 spiro atoms. The molecule has 0 unspecified atom stereocenters. The molecule has 0 radical (unpaired) electrons. The number of nitrogens with one attached hydrogen (secondary N) is 3. The minimum atomic E-state index is -3.25. The smallest absolute Gasteiger partial charge is 0.215 e. The average molecular weight is 523 g/mol. The zero-order valence-corrected chi connectivity index (χ0v) is 19.1. The van der Waals surface area contributed by atoms with Gasteiger partial charge in [-0.3, -0.25) is 4.99 Å². The molecule has 2 aromatic carbocycles. The summed E-state index contributed by atoms with van der Waals surface area (Å²) in [5, 5.41) is 7.17. The van der Waals surface area contributed by atoms with E-state index in [4.69, 9.17) is 11.6 Å². The van der Waals surface area contributed by atoms with E-state index in [9.17, 15) is 8.42 Å². The lowest BCUT2D eigenvalue weighted by molar-refractivity contribution is 0.587. The van der Waals surface area contributed by atoms with Gasteiger partial charge in [-0.25, -0.2) is 13.1 Å². The summed E-state index contributed by atoms with van der Waals surface area (Å²) in [6, 6.07) is 15.1. The highest BCUT2D eigenvalue weighted by atomic mass is 127. The number of sulfonamides is 1. The van der Waals surface area contributed by atoms with Crippen molar-refractivity contribution in [3.8, 4) is 0 Å². The number of hydrogen-bond donors (Lipinski definition) is 3. The molecule has 0 aliphatic carbocycles. The summed E-state index contributed by atoms with van der Waals surface area (Å²) in [4.78, 5) is 4.19. The van der Waals surface area contributed by atoms with Crippen LogP contribution in [0.2, 0.25) is 5.02 Å². The van der Waals surface area contributed by atoms with Gasteiger partial charge in [0.1, 0.15) is 0 Å². The number of nitrogens with zero attached hydrogens (tertiary/aromatic N) is 1. The maximum Gasteiger partial charge on any atom is 0.215 e. The fourth-order valence-electron chi connectivity index (χ4n) is 2.24. The van der Waals surface area contributed by atoms with Gasteiger partial charge < -0.3 is 10.6 Å². The van der Waals surface area contributed by atoms with Crippen molar-refractivity contribution in [3.05, 3.63) is 70.2 Å². The van der Waals surface area contributed by atoms with Crippen molar-refractivity contribution in [2.75, 3.05) is 14.1 Å². The summed E-state index contributed by atoms with van der Waals surface area (Å²) >= 11 is 5.88. The first kappa shape index (κ1) is 23.7. The standard InChI is InChI=1S/C18H23ClN4O2S.HI/c1-20-18(23-12-15-7-9-17(19)10-8-15)22-11-14-3-5-16(6-4-14)13-26(24,25)21-2;/h3-10,21H,11-13H2,1-2H3,(H2,20,22,23);1H. The fourth-order valence-corrected chi connectivity index (χ4v) is 3.14. The molecule has 0 saturated carbocycles. The number of benzene rings is 2. The first-order chi connectivity index (χ1) is 12.4. The Kier molecular flexibility index (Phi) is 10.1. The van der Waals surface area contributed by atoms with Crippen LogP contribution in [0.25, 0.3) is 0 Å². The molecular weight excluding hydrogens is 499 g/mol. The highest BCUT2D eigenvalue weighted by Gasteiger charge is 2.08. The predicted octanol–water partition coefficient (Wildman–Crippen LogP) is 2.87. The number of halogens is 2. The van der Waals surface area contributed by atoms with Crippen molar-refractivity contribution in [3.63, 3.8) is 0 Å². The van der Waals surface area contributed by atoms with Crippen LogP contribution < -0.4 is 15.4 Å². The van der Waals surface area contributed by atoms with Gasteiger partial charge in [0.25, 0.3) is 0 Å².